The molecule has 1 atom stereocenters. The number of rotatable bonds is 4. The summed E-state index contributed by atoms with van der Waals surface area (Å²) in [6, 6.07) is 5.50. The van der Waals surface area contributed by atoms with Gasteiger partial charge < -0.3 is 14.3 Å². The van der Waals surface area contributed by atoms with Crippen molar-refractivity contribution in [2.45, 2.75) is 0 Å². The average Bonchev–Trinajstić information content (AvgIpc) is 2.98. The molecule has 0 amide bonds. The van der Waals surface area contributed by atoms with E-state index in [2.05, 4.69) is 9.98 Å². The van der Waals surface area contributed by atoms with Gasteiger partial charge in [-0.3, -0.25) is 0 Å². The number of carbonyl (C=O) groups is 1. The molecule has 0 bridgehead atoms. The molecule has 2 aliphatic rings. The minimum absolute atomic E-state index is 0. The summed E-state index contributed by atoms with van der Waals surface area (Å²) in [6.45, 7) is 0. The summed E-state index contributed by atoms with van der Waals surface area (Å²) in [5, 5.41) is 0. The molecule has 1 heterocycles. The molecular formula is C16H16Cl2N2O3. The fourth-order valence-corrected chi connectivity index (χ4v) is 2.31. The second-order valence-electron chi connectivity index (χ2n) is 4.60. The number of halogens is 2. The van der Waals surface area contributed by atoms with Gasteiger partial charge in [-0.25, -0.2) is 9.98 Å². The number of aliphatic imine (C=N–C) groups is 2. The quantitative estimate of drug-likeness (QED) is 0.780. The number of nitrogens with zero attached hydrogens (tertiary/aromatic N) is 2. The van der Waals surface area contributed by atoms with Crippen molar-refractivity contribution >= 4 is 42.6 Å². The Morgan fingerprint density at radius 2 is 1.83 bits per heavy atom. The number of hydrogen-bond acceptors (Lipinski definition) is 5. The van der Waals surface area contributed by atoms with Crippen LogP contribution >= 0.6 is 24.8 Å². The molecule has 0 saturated heterocycles. The molecule has 7 heteroatoms. The topological polar surface area (TPSA) is 60.2 Å². The molecule has 0 aromatic heterocycles. The highest BCUT2D eigenvalue weighted by Crippen LogP contribution is 2.30. The van der Waals surface area contributed by atoms with Crippen molar-refractivity contribution in [3.8, 4) is 11.5 Å². The molecule has 0 saturated carbocycles. The molecule has 1 aromatic rings. The molecule has 5 nitrogen and oxygen atoms in total. The van der Waals surface area contributed by atoms with Crippen LogP contribution in [0.15, 0.2) is 52.1 Å². The predicted molar refractivity (Wildman–Crippen MR) is 94.8 cm³/mol. The maximum Gasteiger partial charge on any atom is 0.161 e. The Morgan fingerprint density at radius 3 is 2.48 bits per heavy atom. The Kier molecular flexibility index (Phi) is 6.54. The zero-order valence-electron chi connectivity index (χ0n) is 12.6. The van der Waals surface area contributed by atoms with Gasteiger partial charge in [0.1, 0.15) is 6.29 Å². The first-order valence-electron chi connectivity index (χ1n) is 6.50. The summed E-state index contributed by atoms with van der Waals surface area (Å²) in [7, 11) is 3.17. The Morgan fingerprint density at radius 1 is 1.09 bits per heavy atom. The lowest BCUT2D eigenvalue weighted by atomic mass is 9.98. The molecule has 0 spiro atoms. The number of amidine groups is 1. The standard InChI is InChI=1S/C16H14N2O3.2ClH/c1-20-13-7-6-10(8-14(13)21-2)16-17-12-5-3-4-11(9-19)15(12)18-16;;/h3-9,11H,1-2H3;2*1H. The van der Waals surface area contributed by atoms with E-state index in [1.165, 1.54) is 0 Å². The summed E-state index contributed by atoms with van der Waals surface area (Å²) in [5.74, 6) is 1.52. The molecule has 1 aliphatic carbocycles. The van der Waals surface area contributed by atoms with E-state index in [9.17, 15) is 4.79 Å². The van der Waals surface area contributed by atoms with E-state index < -0.39 is 0 Å². The minimum Gasteiger partial charge on any atom is -0.493 e. The summed E-state index contributed by atoms with van der Waals surface area (Å²) < 4.78 is 10.5. The Balaban J connectivity index is 0.00000132. The molecule has 3 rings (SSSR count). The van der Waals surface area contributed by atoms with Crippen molar-refractivity contribution in [2.75, 3.05) is 14.2 Å². The molecule has 0 radical (unpaired) electrons. The lowest BCUT2D eigenvalue weighted by molar-refractivity contribution is -0.108. The zero-order valence-corrected chi connectivity index (χ0v) is 14.2. The molecule has 23 heavy (non-hydrogen) atoms. The Bertz CT molecular complexity index is 724. The molecular weight excluding hydrogens is 339 g/mol. The fraction of sp³-hybridized carbons (Fsp3) is 0.188. The van der Waals surface area contributed by atoms with Gasteiger partial charge in [0, 0.05) is 5.56 Å². The molecule has 1 aliphatic heterocycles. The van der Waals surface area contributed by atoms with E-state index in [0.717, 1.165) is 17.5 Å². The van der Waals surface area contributed by atoms with Crippen LogP contribution in [0.5, 0.6) is 11.5 Å². The van der Waals surface area contributed by atoms with Gasteiger partial charge in [-0.15, -0.1) is 24.8 Å². The fourth-order valence-electron chi connectivity index (χ4n) is 2.31. The first-order chi connectivity index (χ1) is 10.3. The van der Waals surface area contributed by atoms with Gasteiger partial charge in [-0.2, -0.15) is 0 Å². The van der Waals surface area contributed by atoms with Gasteiger partial charge in [0.15, 0.2) is 17.3 Å². The number of benzene rings is 1. The lowest BCUT2D eigenvalue weighted by Crippen LogP contribution is -2.15. The summed E-state index contributed by atoms with van der Waals surface area (Å²) >= 11 is 0. The second-order valence-corrected chi connectivity index (χ2v) is 4.60. The number of aldehydes is 1. The van der Waals surface area contributed by atoms with E-state index in [1.54, 1.807) is 14.2 Å². The van der Waals surface area contributed by atoms with Crippen molar-refractivity contribution in [3.05, 3.63) is 47.7 Å². The van der Waals surface area contributed by atoms with Gasteiger partial charge in [-0.1, -0.05) is 12.2 Å². The highest BCUT2D eigenvalue weighted by atomic mass is 35.5. The van der Waals surface area contributed by atoms with E-state index in [4.69, 9.17) is 9.47 Å². The van der Waals surface area contributed by atoms with Gasteiger partial charge in [-0.05, 0) is 24.3 Å². The SMILES string of the molecule is COc1ccc(C2=NC3=CC=CC(C=O)C3=N2)cc1OC.Cl.Cl. The number of allylic oxidation sites excluding steroid dienone is 4. The predicted octanol–water partition coefficient (Wildman–Crippen LogP) is 3.02. The highest BCUT2D eigenvalue weighted by Gasteiger charge is 2.25. The highest BCUT2D eigenvalue weighted by molar-refractivity contribution is 6.22. The molecule has 122 valence electrons. The van der Waals surface area contributed by atoms with Crippen molar-refractivity contribution < 1.29 is 14.3 Å². The zero-order chi connectivity index (χ0) is 14.8. The van der Waals surface area contributed by atoms with Crippen LogP contribution in [0.25, 0.3) is 0 Å². The third-order valence-electron chi connectivity index (χ3n) is 3.39. The van der Waals surface area contributed by atoms with Gasteiger partial charge in [0.2, 0.25) is 0 Å². The number of carbonyl (C=O) groups excluding carboxylic acids is 1. The maximum atomic E-state index is 11.1. The Hall–Kier alpha value is -2.11. The van der Waals surface area contributed by atoms with Crippen molar-refractivity contribution in [3.63, 3.8) is 0 Å². The lowest BCUT2D eigenvalue weighted by Gasteiger charge is -2.08. The first-order valence-corrected chi connectivity index (χ1v) is 6.50. The van der Waals surface area contributed by atoms with Crippen LogP contribution < -0.4 is 9.47 Å². The van der Waals surface area contributed by atoms with Crippen LogP contribution in [0.2, 0.25) is 0 Å². The van der Waals surface area contributed by atoms with Crippen LogP contribution in [0, 0.1) is 5.92 Å². The molecule has 1 aromatic carbocycles. The number of fused-ring (bicyclic) bond motifs is 1. The normalized spacial score (nSPS) is 17.7. The average molecular weight is 355 g/mol. The molecule has 1 unspecified atom stereocenters. The van der Waals surface area contributed by atoms with E-state index in [-0.39, 0.29) is 30.7 Å². The smallest absolute Gasteiger partial charge is 0.161 e. The largest absolute Gasteiger partial charge is 0.493 e. The van der Waals surface area contributed by atoms with Gasteiger partial charge >= 0.3 is 0 Å². The van der Waals surface area contributed by atoms with E-state index >= 15 is 0 Å². The van der Waals surface area contributed by atoms with Crippen molar-refractivity contribution in [1.82, 2.24) is 0 Å². The summed E-state index contributed by atoms with van der Waals surface area (Å²) in [5.41, 5.74) is 2.25. The van der Waals surface area contributed by atoms with Crippen LogP contribution in [0.4, 0.5) is 0 Å². The third-order valence-corrected chi connectivity index (χ3v) is 3.39. The van der Waals surface area contributed by atoms with Crippen LogP contribution in [-0.2, 0) is 4.79 Å². The minimum atomic E-state index is -0.327. The number of hydrogen-bond donors (Lipinski definition) is 0. The third kappa shape index (κ3) is 3.46. The van der Waals surface area contributed by atoms with Crippen molar-refractivity contribution in [1.29, 1.82) is 0 Å². The summed E-state index contributed by atoms with van der Waals surface area (Å²) in [4.78, 5) is 20.0. The van der Waals surface area contributed by atoms with Gasteiger partial charge in [0.05, 0.1) is 31.5 Å². The van der Waals surface area contributed by atoms with Gasteiger partial charge in [0.25, 0.3) is 0 Å². The summed E-state index contributed by atoms with van der Waals surface area (Å²) in [6.07, 6.45) is 6.36. The second kappa shape index (κ2) is 7.94. The van der Waals surface area contributed by atoms with E-state index in [0.29, 0.717) is 23.0 Å². The van der Waals surface area contributed by atoms with Crippen LogP contribution in [0.3, 0.4) is 0 Å². The van der Waals surface area contributed by atoms with E-state index in [1.807, 2.05) is 36.4 Å². The van der Waals surface area contributed by atoms with Crippen LogP contribution in [0.1, 0.15) is 5.56 Å². The molecule has 0 N–H and O–H groups in total. The Labute approximate surface area is 146 Å². The van der Waals surface area contributed by atoms with Crippen LogP contribution in [-0.4, -0.2) is 32.1 Å². The van der Waals surface area contributed by atoms with Crippen molar-refractivity contribution in [2.24, 2.45) is 15.9 Å². The first kappa shape index (κ1) is 18.9. The number of methoxy groups -OCH3 is 2. The number of ether oxygens (including phenoxy) is 2. The monoisotopic (exact) mass is 354 g/mol. The maximum absolute atomic E-state index is 11.1. The molecule has 0 fully saturated rings.